The highest BCUT2D eigenvalue weighted by molar-refractivity contribution is 5.94. The first-order valence-corrected chi connectivity index (χ1v) is 5.03. The Bertz CT molecular complexity index is 343. The zero-order chi connectivity index (χ0) is 10.7. The Kier molecular flexibility index (Phi) is 2.80. The van der Waals surface area contributed by atoms with E-state index in [1.807, 2.05) is 4.90 Å². The second-order valence-electron chi connectivity index (χ2n) is 3.50. The predicted octanol–water partition coefficient (Wildman–Crippen LogP) is 0.906. The summed E-state index contributed by atoms with van der Waals surface area (Å²) in [6, 6.07) is 3.50. The zero-order valence-electron chi connectivity index (χ0n) is 8.73. The molecular weight excluding hydrogens is 192 g/mol. The van der Waals surface area contributed by atoms with Gasteiger partial charge in [0.05, 0.1) is 7.11 Å². The molecule has 1 aromatic rings. The highest BCUT2D eigenvalue weighted by Gasteiger charge is 2.17. The summed E-state index contributed by atoms with van der Waals surface area (Å²) in [5, 5.41) is 15.7. The van der Waals surface area contributed by atoms with E-state index in [-0.39, 0.29) is 0 Å². The number of aromatic nitrogens is 2. The van der Waals surface area contributed by atoms with Crippen LogP contribution in [0.4, 0.5) is 0 Å². The molecule has 0 spiro atoms. The molecule has 0 radical (unpaired) electrons. The monoisotopic (exact) mass is 206 g/mol. The number of hydrogen-bond acceptors (Lipinski definition) is 4. The average molecular weight is 206 g/mol. The van der Waals surface area contributed by atoms with Crippen molar-refractivity contribution in [3.63, 3.8) is 0 Å². The van der Waals surface area contributed by atoms with Gasteiger partial charge < -0.3 is 9.64 Å². The van der Waals surface area contributed by atoms with Crippen LogP contribution in [0.5, 0.6) is 5.88 Å². The highest BCUT2D eigenvalue weighted by atomic mass is 16.5. The van der Waals surface area contributed by atoms with E-state index < -0.39 is 0 Å². The number of methoxy groups -OCH3 is 1. The Balaban J connectivity index is 2.11. The van der Waals surface area contributed by atoms with Gasteiger partial charge in [-0.25, -0.2) is 0 Å². The van der Waals surface area contributed by atoms with Gasteiger partial charge in [-0.05, 0) is 18.9 Å². The van der Waals surface area contributed by atoms with E-state index >= 15 is 0 Å². The summed E-state index contributed by atoms with van der Waals surface area (Å²) in [5.74, 6) is 0.940. The molecule has 1 aliphatic heterocycles. The molecule has 2 heterocycles. The van der Waals surface area contributed by atoms with Crippen LogP contribution in [-0.2, 0) is 0 Å². The molecule has 1 aromatic heterocycles. The van der Waals surface area contributed by atoms with Crippen molar-refractivity contribution in [1.82, 2.24) is 15.1 Å². The summed E-state index contributed by atoms with van der Waals surface area (Å²) in [5.41, 5.74) is 0.609. The van der Waals surface area contributed by atoms with Crippen LogP contribution in [0.15, 0.2) is 12.1 Å². The smallest absolute Gasteiger partial charge is 0.233 e. The van der Waals surface area contributed by atoms with E-state index in [9.17, 15) is 0 Å². The van der Waals surface area contributed by atoms with E-state index in [4.69, 9.17) is 10.1 Å². The molecule has 0 aliphatic carbocycles. The predicted molar refractivity (Wildman–Crippen MR) is 56.2 cm³/mol. The van der Waals surface area contributed by atoms with Crippen LogP contribution in [-0.4, -0.2) is 41.1 Å². The lowest BCUT2D eigenvalue weighted by Crippen LogP contribution is -2.28. The SMILES string of the molecule is COc1ccc(C(=N)N2CCCC2)nn1. The van der Waals surface area contributed by atoms with Gasteiger partial charge in [0.1, 0.15) is 11.5 Å². The number of likely N-dealkylation sites (tertiary alicyclic amines) is 1. The molecule has 80 valence electrons. The van der Waals surface area contributed by atoms with Crippen molar-refractivity contribution in [3.05, 3.63) is 17.8 Å². The van der Waals surface area contributed by atoms with Gasteiger partial charge in [0, 0.05) is 19.2 Å². The van der Waals surface area contributed by atoms with E-state index in [1.54, 1.807) is 19.2 Å². The van der Waals surface area contributed by atoms with Crippen molar-refractivity contribution < 1.29 is 4.74 Å². The van der Waals surface area contributed by atoms with E-state index in [0.29, 0.717) is 17.4 Å². The van der Waals surface area contributed by atoms with Gasteiger partial charge in [-0.3, -0.25) is 5.41 Å². The zero-order valence-corrected chi connectivity index (χ0v) is 8.73. The molecule has 0 saturated carbocycles. The third kappa shape index (κ3) is 2.06. The lowest BCUT2D eigenvalue weighted by atomic mass is 10.3. The molecule has 5 nitrogen and oxygen atoms in total. The molecule has 0 unspecified atom stereocenters. The summed E-state index contributed by atoms with van der Waals surface area (Å²) in [4.78, 5) is 2.02. The summed E-state index contributed by atoms with van der Waals surface area (Å²) >= 11 is 0. The molecule has 0 bridgehead atoms. The minimum atomic E-state index is 0.461. The van der Waals surface area contributed by atoms with Crippen molar-refractivity contribution in [1.29, 1.82) is 5.41 Å². The average Bonchev–Trinajstić information content (AvgIpc) is 2.82. The molecule has 1 fully saturated rings. The largest absolute Gasteiger partial charge is 0.480 e. The van der Waals surface area contributed by atoms with Crippen LogP contribution in [0, 0.1) is 5.41 Å². The first kappa shape index (κ1) is 9.89. The maximum Gasteiger partial charge on any atom is 0.233 e. The quantitative estimate of drug-likeness (QED) is 0.577. The van der Waals surface area contributed by atoms with Crippen molar-refractivity contribution in [2.45, 2.75) is 12.8 Å². The highest BCUT2D eigenvalue weighted by Crippen LogP contribution is 2.12. The molecule has 1 N–H and O–H groups in total. The molecule has 2 rings (SSSR count). The van der Waals surface area contributed by atoms with Crippen LogP contribution < -0.4 is 4.74 Å². The Labute approximate surface area is 88.6 Å². The number of ether oxygens (including phenoxy) is 1. The van der Waals surface area contributed by atoms with Gasteiger partial charge in [-0.2, -0.15) is 0 Å². The standard InChI is InChI=1S/C10H14N4O/c1-15-9-5-4-8(12-13-9)10(11)14-6-2-3-7-14/h4-5,11H,2-3,6-7H2,1H3. The van der Waals surface area contributed by atoms with Crippen LogP contribution in [0.1, 0.15) is 18.5 Å². The van der Waals surface area contributed by atoms with Gasteiger partial charge in [-0.15, -0.1) is 10.2 Å². The fraction of sp³-hybridized carbons (Fsp3) is 0.500. The number of nitrogens with one attached hydrogen (secondary N) is 1. The minimum Gasteiger partial charge on any atom is -0.480 e. The van der Waals surface area contributed by atoms with Gasteiger partial charge >= 0.3 is 0 Å². The van der Waals surface area contributed by atoms with Crippen LogP contribution in [0.3, 0.4) is 0 Å². The first-order chi connectivity index (χ1) is 7.31. The molecule has 15 heavy (non-hydrogen) atoms. The maximum atomic E-state index is 7.94. The molecule has 0 amide bonds. The van der Waals surface area contributed by atoms with Gasteiger partial charge in [0.15, 0.2) is 0 Å². The molecule has 0 aromatic carbocycles. The summed E-state index contributed by atoms with van der Waals surface area (Å²) in [7, 11) is 1.55. The normalized spacial score (nSPS) is 15.4. The van der Waals surface area contributed by atoms with Gasteiger partial charge in [0.2, 0.25) is 5.88 Å². The van der Waals surface area contributed by atoms with Crippen LogP contribution in [0.25, 0.3) is 0 Å². The fourth-order valence-electron chi connectivity index (χ4n) is 1.66. The van der Waals surface area contributed by atoms with Crippen molar-refractivity contribution >= 4 is 5.84 Å². The molecule has 0 atom stereocenters. The lowest BCUT2D eigenvalue weighted by Gasteiger charge is -2.16. The Hall–Kier alpha value is -1.65. The van der Waals surface area contributed by atoms with Crippen LogP contribution in [0.2, 0.25) is 0 Å². The third-order valence-corrected chi connectivity index (χ3v) is 2.51. The van der Waals surface area contributed by atoms with Crippen LogP contribution >= 0.6 is 0 Å². The van der Waals surface area contributed by atoms with Crippen molar-refractivity contribution in [2.24, 2.45) is 0 Å². The maximum absolute atomic E-state index is 7.94. The second-order valence-corrected chi connectivity index (χ2v) is 3.50. The summed E-state index contributed by atoms with van der Waals surface area (Å²) in [6.45, 7) is 1.90. The third-order valence-electron chi connectivity index (χ3n) is 2.51. The van der Waals surface area contributed by atoms with Crippen molar-refractivity contribution in [3.8, 4) is 5.88 Å². The van der Waals surface area contributed by atoms with E-state index in [0.717, 1.165) is 25.9 Å². The minimum absolute atomic E-state index is 0.461. The Morgan fingerprint density at radius 2 is 2.07 bits per heavy atom. The lowest BCUT2D eigenvalue weighted by molar-refractivity contribution is 0.391. The Morgan fingerprint density at radius 1 is 1.33 bits per heavy atom. The van der Waals surface area contributed by atoms with E-state index in [2.05, 4.69) is 10.2 Å². The fourth-order valence-corrected chi connectivity index (χ4v) is 1.66. The number of rotatable bonds is 2. The summed E-state index contributed by atoms with van der Waals surface area (Å²) < 4.78 is 4.92. The molecule has 1 saturated heterocycles. The van der Waals surface area contributed by atoms with Gasteiger partial charge in [0.25, 0.3) is 0 Å². The van der Waals surface area contributed by atoms with Crippen molar-refractivity contribution in [2.75, 3.05) is 20.2 Å². The second kappa shape index (κ2) is 4.25. The topological polar surface area (TPSA) is 62.1 Å². The number of nitrogens with zero attached hydrogens (tertiary/aromatic N) is 3. The first-order valence-electron chi connectivity index (χ1n) is 5.03. The Morgan fingerprint density at radius 3 is 2.60 bits per heavy atom. The molecule has 5 heteroatoms. The van der Waals surface area contributed by atoms with Gasteiger partial charge in [-0.1, -0.05) is 0 Å². The molecular formula is C10H14N4O. The number of amidine groups is 1. The van der Waals surface area contributed by atoms with E-state index in [1.165, 1.54) is 0 Å². The molecule has 1 aliphatic rings. The summed E-state index contributed by atoms with van der Waals surface area (Å²) in [6.07, 6.45) is 2.32. The number of hydrogen-bond donors (Lipinski definition) is 1.